The fourth-order valence-electron chi connectivity index (χ4n) is 4.07. The number of carbonyl (C=O) groups excluding carboxylic acids is 1. The predicted molar refractivity (Wildman–Crippen MR) is 143 cm³/mol. The van der Waals surface area contributed by atoms with Crippen molar-refractivity contribution in [2.75, 3.05) is 17.7 Å². The predicted octanol–water partition coefficient (Wildman–Crippen LogP) is 5.33. The number of nitrogen functional groups attached to an aromatic ring is 1. The van der Waals surface area contributed by atoms with E-state index in [9.17, 15) is 13.6 Å². The van der Waals surface area contributed by atoms with Gasteiger partial charge in [-0.2, -0.15) is 0 Å². The number of aromatic nitrogens is 3. The van der Waals surface area contributed by atoms with Crippen LogP contribution in [0.2, 0.25) is 25.7 Å². The number of benzene rings is 1. The van der Waals surface area contributed by atoms with Crippen LogP contribution in [-0.2, 0) is 16.2 Å². The van der Waals surface area contributed by atoms with Crippen molar-refractivity contribution in [1.82, 2.24) is 20.1 Å². The van der Waals surface area contributed by atoms with E-state index in [1.54, 1.807) is 50.0 Å². The molecule has 1 aromatic heterocycles. The summed E-state index contributed by atoms with van der Waals surface area (Å²) >= 11 is 0. The highest BCUT2D eigenvalue weighted by Gasteiger charge is 2.42. The molecule has 0 aliphatic heterocycles. The standard InChI is InChI=1S/C25H40F2N6O3Si/c1-24(2,3)36-23(34)31-19-12-18(13-25(26,27)14-19)30-21-11-17(7-8-20(21)28)22-29-15-33(32-22)16-35-9-10-37(4,5)6/h7-8,11,15,18-19,30H,9-10,12-14,16,28H2,1-6H3,(H,31,34). The molecule has 2 aromatic rings. The van der Waals surface area contributed by atoms with Crippen LogP contribution in [0, 0.1) is 0 Å². The van der Waals surface area contributed by atoms with E-state index < -0.39 is 44.2 Å². The maximum absolute atomic E-state index is 14.5. The maximum atomic E-state index is 14.5. The molecule has 2 unspecified atom stereocenters. The van der Waals surface area contributed by atoms with E-state index in [4.69, 9.17) is 15.2 Å². The van der Waals surface area contributed by atoms with Crippen LogP contribution in [0.15, 0.2) is 24.5 Å². The molecule has 0 saturated heterocycles. The summed E-state index contributed by atoms with van der Waals surface area (Å²) in [6.07, 6.45) is 0.385. The molecule has 0 radical (unpaired) electrons. The number of hydrogen-bond donors (Lipinski definition) is 3. The van der Waals surface area contributed by atoms with Gasteiger partial charge in [-0.3, -0.25) is 0 Å². The first-order valence-electron chi connectivity index (χ1n) is 12.6. The highest BCUT2D eigenvalue weighted by molar-refractivity contribution is 6.76. The number of rotatable bonds is 9. The highest BCUT2D eigenvalue weighted by atomic mass is 28.3. The molecule has 37 heavy (non-hydrogen) atoms. The highest BCUT2D eigenvalue weighted by Crippen LogP contribution is 2.36. The van der Waals surface area contributed by atoms with Crippen LogP contribution in [0.3, 0.4) is 0 Å². The first-order valence-corrected chi connectivity index (χ1v) is 16.3. The first-order chi connectivity index (χ1) is 17.1. The van der Waals surface area contributed by atoms with Crippen molar-refractivity contribution in [3.8, 4) is 11.4 Å². The fraction of sp³-hybridized carbons (Fsp3) is 0.640. The first kappa shape index (κ1) is 28.8. The van der Waals surface area contributed by atoms with Gasteiger partial charge in [0.15, 0.2) is 5.82 Å². The number of ether oxygens (including phenoxy) is 2. The number of nitrogens with one attached hydrogen (secondary N) is 2. The van der Waals surface area contributed by atoms with Crippen molar-refractivity contribution in [3.63, 3.8) is 0 Å². The molecule has 206 valence electrons. The molecule has 1 heterocycles. The van der Waals surface area contributed by atoms with Gasteiger partial charge in [-0.05, 0) is 51.4 Å². The molecular formula is C25H40F2N6O3Si. The smallest absolute Gasteiger partial charge is 0.407 e. The Morgan fingerprint density at radius 1 is 1.24 bits per heavy atom. The Labute approximate surface area is 218 Å². The summed E-state index contributed by atoms with van der Waals surface area (Å²) in [5.41, 5.74) is 7.07. The largest absolute Gasteiger partial charge is 0.444 e. The normalized spacial score (nSPS) is 19.9. The van der Waals surface area contributed by atoms with Crippen LogP contribution >= 0.6 is 0 Å². The quantitative estimate of drug-likeness (QED) is 0.224. The lowest BCUT2D eigenvalue weighted by Gasteiger charge is -2.36. The van der Waals surface area contributed by atoms with E-state index >= 15 is 0 Å². The van der Waals surface area contributed by atoms with Gasteiger partial charge in [0.2, 0.25) is 0 Å². The Kier molecular flexibility index (Phi) is 8.84. The van der Waals surface area contributed by atoms with Crippen LogP contribution in [0.1, 0.15) is 40.0 Å². The van der Waals surface area contributed by atoms with Crippen molar-refractivity contribution in [2.24, 2.45) is 0 Å². The number of anilines is 2. The van der Waals surface area contributed by atoms with E-state index in [1.165, 1.54) is 0 Å². The number of carbonyl (C=O) groups is 1. The lowest BCUT2D eigenvalue weighted by atomic mass is 9.87. The Morgan fingerprint density at radius 2 is 1.95 bits per heavy atom. The molecule has 1 aliphatic carbocycles. The fourth-order valence-corrected chi connectivity index (χ4v) is 4.83. The number of nitrogens with zero attached hydrogens (tertiary/aromatic N) is 3. The SMILES string of the molecule is CC(C)(C)OC(=O)NC1CC(Nc2cc(-c3ncn(COCC[Si](C)(C)C)n3)ccc2N)CC(F)(F)C1. The third-order valence-electron chi connectivity index (χ3n) is 5.81. The van der Waals surface area contributed by atoms with E-state index in [-0.39, 0.29) is 6.42 Å². The molecule has 0 spiro atoms. The summed E-state index contributed by atoms with van der Waals surface area (Å²) in [6, 6.07) is 4.96. The van der Waals surface area contributed by atoms with Gasteiger partial charge < -0.3 is 25.8 Å². The summed E-state index contributed by atoms with van der Waals surface area (Å²) in [6.45, 7) is 13.0. The van der Waals surface area contributed by atoms with Crippen LogP contribution in [-0.4, -0.2) is 59.1 Å². The number of halogens is 2. The molecule has 1 aromatic carbocycles. The van der Waals surface area contributed by atoms with Gasteiger partial charge in [0.25, 0.3) is 5.92 Å². The molecule has 1 saturated carbocycles. The van der Waals surface area contributed by atoms with Gasteiger partial charge in [0.05, 0.1) is 11.4 Å². The second kappa shape index (κ2) is 11.3. The summed E-state index contributed by atoms with van der Waals surface area (Å²) in [4.78, 5) is 16.5. The second-order valence-corrected chi connectivity index (χ2v) is 17.6. The molecule has 2 atom stereocenters. The third-order valence-corrected chi connectivity index (χ3v) is 7.51. The minimum Gasteiger partial charge on any atom is -0.444 e. The average Bonchev–Trinajstić information content (AvgIpc) is 3.18. The molecule has 12 heteroatoms. The maximum Gasteiger partial charge on any atom is 0.407 e. The van der Waals surface area contributed by atoms with Crippen LogP contribution < -0.4 is 16.4 Å². The van der Waals surface area contributed by atoms with Crippen molar-refractivity contribution < 1.29 is 23.0 Å². The number of hydrogen-bond acceptors (Lipinski definition) is 7. The van der Waals surface area contributed by atoms with Gasteiger partial charge in [-0.25, -0.2) is 23.2 Å². The molecule has 1 aliphatic rings. The molecule has 1 fully saturated rings. The minimum atomic E-state index is -2.95. The molecule has 9 nitrogen and oxygen atoms in total. The lowest BCUT2D eigenvalue weighted by molar-refractivity contribution is -0.0483. The monoisotopic (exact) mass is 538 g/mol. The Hall–Kier alpha value is -2.73. The Balaban J connectivity index is 1.65. The molecule has 0 bridgehead atoms. The number of amides is 1. The third kappa shape index (κ3) is 9.58. The molecular weight excluding hydrogens is 498 g/mol. The zero-order valence-corrected chi connectivity index (χ0v) is 23.6. The molecule has 1 amide bonds. The summed E-state index contributed by atoms with van der Waals surface area (Å²) in [5.74, 6) is -2.46. The van der Waals surface area contributed by atoms with Crippen molar-refractivity contribution >= 4 is 25.5 Å². The second-order valence-electron chi connectivity index (χ2n) is 11.9. The Bertz CT molecular complexity index is 1070. The summed E-state index contributed by atoms with van der Waals surface area (Å²) in [7, 11) is -1.17. The van der Waals surface area contributed by atoms with E-state index in [2.05, 4.69) is 40.4 Å². The summed E-state index contributed by atoms with van der Waals surface area (Å²) in [5, 5.41) is 10.2. The number of nitrogens with two attached hydrogens (primary N) is 1. The van der Waals surface area contributed by atoms with Crippen molar-refractivity contribution in [2.45, 2.75) is 96.1 Å². The lowest BCUT2D eigenvalue weighted by Crippen LogP contribution is -2.49. The zero-order valence-electron chi connectivity index (χ0n) is 22.6. The van der Waals surface area contributed by atoms with Gasteiger partial charge in [0.1, 0.15) is 18.7 Å². The van der Waals surface area contributed by atoms with E-state index in [0.717, 1.165) is 6.04 Å². The number of alkyl carbamates (subject to hydrolysis) is 1. The van der Waals surface area contributed by atoms with Crippen molar-refractivity contribution in [3.05, 3.63) is 24.5 Å². The van der Waals surface area contributed by atoms with Crippen LogP contribution in [0.4, 0.5) is 25.0 Å². The van der Waals surface area contributed by atoms with Crippen molar-refractivity contribution in [1.29, 1.82) is 0 Å². The van der Waals surface area contributed by atoms with E-state index in [1.807, 2.05) is 0 Å². The van der Waals surface area contributed by atoms with Crippen LogP contribution in [0.25, 0.3) is 11.4 Å². The van der Waals surface area contributed by atoms with Gasteiger partial charge in [-0.1, -0.05) is 19.6 Å². The topological polar surface area (TPSA) is 116 Å². The molecule has 4 N–H and O–H groups in total. The average molecular weight is 539 g/mol. The van der Waals surface area contributed by atoms with Gasteiger partial charge in [-0.15, -0.1) is 5.10 Å². The van der Waals surface area contributed by atoms with Gasteiger partial charge in [0, 0.05) is 45.2 Å². The molecule has 3 rings (SSSR count). The van der Waals surface area contributed by atoms with E-state index in [0.29, 0.717) is 42.5 Å². The summed E-state index contributed by atoms with van der Waals surface area (Å²) < 4.78 is 41.7. The van der Waals surface area contributed by atoms with Gasteiger partial charge >= 0.3 is 6.09 Å². The number of alkyl halides is 2. The Morgan fingerprint density at radius 3 is 2.62 bits per heavy atom. The minimum absolute atomic E-state index is 0.306. The zero-order chi connectivity index (χ0) is 27.4. The van der Waals surface area contributed by atoms with Crippen LogP contribution in [0.5, 0.6) is 0 Å².